The van der Waals surface area contributed by atoms with Crippen molar-refractivity contribution >= 4 is 17.5 Å². The Morgan fingerprint density at radius 1 is 1.35 bits per heavy atom. The Morgan fingerprint density at radius 3 is 2.70 bits per heavy atom. The number of alkyl halides is 1. The zero-order valence-electron chi connectivity index (χ0n) is 11.8. The Bertz CT molecular complexity index is 483. The molecule has 0 bridgehead atoms. The lowest BCUT2D eigenvalue weighted by atomic mass is 9.75. The lowest BCUT2D eigenvalue weighted by molar-refractivity contribution is 0.0916. The molecule has 4 heteroatoms. The molecular formula is C16H21ClFNO. The Kier molecular flexibility index (Phi) is 5.03. The molecular weight excluding hydrogens is 277 g/mol. The third kappa shape index (κ3) is 3.51. The van der Waals surface area contributed by atoms with Crippen molar-refractivity contribution in [2.24, 2.45) is 5.41 Å². The third-order valence-electron chi connectivity index (χ3n) is 4.19. The molecule has 0 unspecified atom stereocenters. The zero-order chi connectivity index (χ0) is 14.6. The molecule has 0 aliphatic heterocycles. The molecule has 2 nitrogen and oxygen atoms in total. The second kappa shape index (κ2) is 6.57. The summed E-state index contributed by atoms with van der Waals surface area (Å²) in [5.41, 5.74) is 0.974. The lowest BCUT2D eigenvalue weighted by Gasteiger charge is -2.35. The average Bonchev–Trinajstić information content (AvgIpc) is 2.48. The van der Waals surface area contributed by atoms with Crippen molar-refractivity contribution in [1.29, 1.82) is 0 Å². The van der Waals surface area contributed by atoms with Gasteiger partial charge in [-0.1, -0.05) is 30.9 Å². The molecule has 20 heavy (non-hydrogen) atoms. The second-order valence-corrected chi connectivity index (χ2v) is 6.13. The van der Waals surface area contributed by atoms with Crippen LogP contribution in [0.15, 0.2) is 18.2 Å². The van der Waals surface area contributed by atoms with Gasteiger partial charge in [0.15, 0.2) is 0 Å². The summed E-state index contributed by atoms with van der Waals surface area (Å²) in [6.07, 6.45) is 5.61. The summed E-state index contributed by atoms with van der Waals surface area (Å²) >= 11 is 6.10. The van der Waals surface area contributed by atoms with Crippen molar-refractivity contribution in [2.45, 2.75) is 39.0 Å². The van der Waals surface area contributed by atoms with Gasteiger partial charge in [0, 0.05) is 17.8 Å². The number of carbonyl (C=O) groups is 1. The minimum Gasteiger partial charge on any atom is -0.351 e. The molecule has 2 rings (SSSR count). The number of aryl methyl sites for hydroxylation is 1. The molecule has 1 aliphatic rings. The monoisotopic (exact) mass is 297 g/mol. The molecule has 1 saturated carbocycles. The molecule has 1 aliphatic carbocycles. The summed E-state index contributed by atoms with van der Waals surface area (Å²) in [5, 5.41) is 2.87. The predicted octanol–water partition coefficient (Wildman–Crippen LogP) is 4.05. The SMILES string of the molecule is Cc1ccc(F)c(C(=O)NCC2(CCl)CCCCC2)c1. The summed E-state index contributed by atoms with van der Waals surface area (Å²) in [7, 11) is 0. The first-order valence-electron chi connectivity index (χ1n) is 7.17. The highest BCUT2D eigenvalue weighted by molar-refractivity contribution is 6.18. The van der Waals surface area contributed by atoms with Gasteiger partial charge in [-0.05, 0) is 31.9 Å². The molecule has 1 amide bonds. The molecule has 110 valence electrons. The molecule has 0 radical (unpaired) electrons. The highest BCUT2D eigenvalue weighted by Gasteiger charge is 2.31. The van der Waals surface area contributed by atoms with Crippen LogP contribution >= 0.6 is 11.6 Å². The summed E-state index contributed by atoms with van der Waals surface area (Å²) in [4.78, 5) is 12.1. The van der Waals surface area contributed by atoms with Crippen molar-refractivity contribution in [1.82, 2.24) is 5.32 Å². The smallest absolute Gasteiger partial charge is 0.254 e. The number of carbonyl (C=O) groups excluding carboxylic acids is 1. The van der Waals surface area contributed by atoms with E-state index in [-0.39, 0.29) is 16.9 Å². The fourth-order valence-corrected chi connectivity index (χ4v) is 3.20. The maximum absolute atomic E-state index is 13.7. The van der Waals surface area contributed by atoms with Crippen LogP contribution in [0.25, 0.3) is 0 Å². The highest BCUT2D eigenvalue weighted by Crippen LogP contribution is 2.36. The molecule has 0 saturated heterocycles. The quantitative estimate of drug-likeness (QED) is 0.835. The molecule has 1 aromatic carbocycles. The van der Waals surface area contributed by atoms with Gasteiger partial charge in [-0.3, -0.25) is 4.79 Å². The molecule has 0 spiro atoms. The van der Waals surface area contributed by atoms with Gasteiger partial charge >= 0.3 is 0 Å². The molecule has 1 fully saturated rings. The van der Waals surface area contributed by atoms with E-state index in [0.29, 0.717) is 12.4 Å². The summed E-state index contributed by atoms with van der Waals surface area (Å²) in [5.74, 6) is -0.276. The largest absolute Gasteiger partial charge is 0.351 e. The number of benzene rings is 1. The van der Waals surface area contributed by atoms with Crippen LogP contribution < -0.4 is 5.32 Å². The topological polar surface area (TPSA) is 29.1 Å². The van der Waals surface area contributed by atoms with Gasteiger partial charge in [0.25, 0.3) is 5.91 Å². The van der Waals surface area contributed by atoms with Gasteiger partial charge < -0.3 is 5.32 Å². The Labute approximate surface area is 124 Å². The van der Waals surface area contributed by atoms with Crippen LogP contribution in [0.2, 0.25) is 0 Å². The molecule has 0 atom stereocenters. The van der Waals surface area contributed by atoms with E-state index >= 15 is 0 Å². The normalized spacial score (nSPS) is 17.8. The maximum atomic E-state index is 13.7. The zero-order valence-corrected chi connectivity index (χ0v) is 12.6. The van der Waals surface area contributed by atoms with Gasteiger partial charge in [-0.25, -0.2) is 4.39 Å². The molecule has 1 N–H and O–H groups in total. The summed E-state index contributed by atoms with van der Waals surface area (Å²) in [6, 6.07) is 4.58. The molecule has 0 aromatic heterocycles. The summed E-state index contributed by atoms with van der Waals surface area (Å²) in [6.45, 7) is 2.38. The van der Waals surface area contributed by atoms with E-state index in [1.807, 2.05) is 6.92 Å². The van der Waals surface area contributed by atoms with Crippen LogP contribution in [0, 0.1) is 18.2 Å². The standard InChI is InChI=1S/C16H21ClFNO/c1-12-5-6-14(18)13(9-12)15(20)19-11-16(10-17)7-3-2-4-8-16/h5-6,9H,2-4,7-8,10-11H2,1H3,(H,19,20). The Balaban J connectivity index is 2.02. The average molecular weight is 298 g/mol. The van der Waals surface area contributed by atoms with E-state index < -0.39 is 5.82 Å². The van der Waals surface area contributed by atoms with E-state index in [9.17, 15) is 9.18 Å². The molecule has 0 heterocycles. The fourth-order valence-electron chi connectivity index (χ4n) is 2.84. The number of rotatable bonds is 4. The third-order valence-corrected chi connectivity index (χ3v) is 4.76. The van der Waals surface area contributed by atoms with Gasteiger partial charge in [-0.2, -0.15) is 0 Å². The fraction of sp³-hybridized carbons (Fsp3) is 0.562. The Hall–Kier alpha value is -1.09. The number of nitrogens with one attached hydrogen (secondary N) is 1. The number of hydrogen-bond donors (Lipinski definition) is 1. The Morgan fingerprint density at radius 2 is 2.05 bits per heavy atom. The van der Waals surface area contributed by atoms with Crippen LogP contribution in [-0.4, -0.2) is 18.3 Å². The highest BCUT2D eigenvalue weighted by atomic mass is 35.5. The van der Waals surface area contributed by atoms with Gasteiger partial charge in [0.05, 0.1) is 5.56 Å². The predicted molar refractivity (Wildman–Crippen MR) is 79.7 cm³/mol. The van der Waals surface area contributed by atoms with Crippen LogP contribution in [-0.2, 0) is 0 Å². The number of halogens is 2. The van der Waals surface area contributed by atoms with Gasteiger partial charge in [-0.15, -0.1) is 11.6 Å². The maximum Gasteiger partial charge on any atom is 0.254 e. The second-order valence-electron chi connectivity index (χ2n) is 5.86. The van der Waals surface area contributed by atoms with E-state index in [0.717, 1.165) is 31.2 Å². The van der Waals surface area contributed by atoms with Crippen LogP contribution in [0.4, 0.5) is 4.39 Å². The van der Waals surface area contributed by atoms with Crippen LogP contribution in [0.1, 0.15) is 48.0 Å². The van der Waals surface area contributed by atoms with Crippen molar-refractivity contribution in [2.75, 3.05) is 12.4 Å². The first-order chi connectivity index (χ1) is 9.56. The van der Waals surface area contributed by atoms with E-state index in [1.54, 1.807) is 12.1 Å². The van der Waals surface area contributed by atoms with Crippen molar-refractivity contribution < 1.29 is 9.18 Å². The minimum atomic E-state index is -0.475. The van der Waals surface area contributed by atoms with Crippen molar-refractivity contribution in [3.63, 3.8) is 0 Å². The summed E-state index contributed by atoms with van der Waals surface area (Å²) < 4.78 is 13.7. The van der Waals surface area contributed by atoms with E-state index in [2.05, 4.69) is 5.32 Å². The van der Waals surface area contributed by atoms with Crippen LogP contribution in [0.3, 0.4) is 0 Å². The van der Waals surface area contributed by atoms with Crippen molar-refractivity contribution in [3.05, 3.63) is 35.1 Å². The molecule has 1 aromatic rings. The van der Waals surface area contributed by atoms with E-state index in [4.69, 9.17) is 11.6 Å². The van der Waals surface area contributed by atoms with Crippen LogP contribution in [0.5, 0.6) is 0 Å². The first kappa shape index (κ1) is 15.3. The van der Waals surface area contributed by atoms with E-state index in [1.165, 1.54) is 12.5 Å². The van der Waals surface area contributed by atoms with Gasteiger partial charge in [0.1, 0.15) is 5.82 Å². The van der Waals surface area contributed by atoms with Gasteiger partial charge in [0.2, 0.25) is 0 Å². The first-order valence-corrected chi connectivity index (χ1v) is 7.70. The number of hydrogen-bond acceptors (Lipinski definition) is 1. The van der Waals surface area contributed by atoms with Crippen molar-refractivity contribution in [3.8, 4) is 0 Å². The minimum absolute atomic E-state index is 0.0181. The number of amides is 1. The lowest BCUT2D eigenvalue weighted by Crippen LogP contribution is -2.40.